The molecule has 3 aliphatic rings. The lowest BCUT2D eigenvalue weighted by Crippen LogP contribution is -2.67. The number of Topliss-reactive ketones (excluding diaryl/α,β-unsaturated/α-hetero) is 2. The van der Waals surface area contributed by atoms with Crippen molar-refractivity contribution in [3.05, 3.63) is 82.5 Å². The summed E-state index contributed by atoms with van der Waals surface area (Å²) in [5.74, 6) is -1.94. The van der Waals surface area contributed by atoms with Crippen LogP contribution in [-0.4, -0.2) is 32.5 Å². The molecule has 0 spiro atoms. The first-order valence-electron chi connectivity index (χ1n) is 11.9. The second-order valence-electron chi connectivity index (χ2n) is 11.0. The Morgan fingerprint density at radius 1 is 0.971 bits per heavy atom. The van der Waals surface area contributed by atoms with Crippen molar-refractivity contribution >= 4 is 17.3 Å². The van der Waals surface area contributed by atoms with Gasteiger partial charge in [0, 0.05) is 22.0 Å². The minimum absolute atomic E-state index is 0.0134. The summed E-state index contributed by atoms with van der Waals surface area (Å²) in [6.07, 6.45) is 1.06. The van der Waals surface area contributed by atoms with E-state index in [9.17, 15) is 24.9 Å². The summed E-state index contributed by atoms with van der Waals surface area (Å²) in [4.78, 5) is 27.7. The van der Waals surface area contributed by atoms with E-state index in [1.54, 1.807) is 13.8 Å². The summed E-state index contributed by atoms with van der Waals surface area (Å²) in [6, 6.07) is 13.0. The summed E-state index contributed by atoms with van der Waals surface area (Å²) in [5, 5.41) is 34.1. The Kier molecular flexibility index (Phi) is 4.85. The first-order valence-corrected chi connectivity index (χ1v) is 11.9. The van der Waals surface area contributed by atoms with E-state index in [0.29, 0.717) is 30.4 Å². The molecule has 0 aliphatic heterocycles. The zero-order chi connectivity index (χ0) is 25.5. The number of aromatic hydroxyl groups is 1. The first-order chi connectivity index (χ1) is 16.4. The maximum atomic E-state index is 14.1. The molecular weight excluding hydrogens is 440 g/mol. The standard InChI is InChI=1S/C30H30O5/c1-16(2)22-17(3)13-29(5)15-28(4)14-20-19(18-9-7-6-8-10-18)11-12-21(31)23(20)25(32)24(28)27(34)30(29,35)26(22)33/h6-12,31-32,35H,1,13-15H2,2-5H3/t28-,29+,30+/m1/s1. The lowest BCUT2D eigenvalue weighted by molar-refractivity contribution is -0.171. The highest BCUT2D eigenvalue weighted by molar-refractivity contribution is 6.27. The molecule has 0 bridgehead atoms. The van der Waals surface area contributed by atoms with Gasteiger partial charge in [0.15, 0.2) is 5.60 Å². The molecule has 35 heavy (non-hydrogen) atoms. The quantitative estimate of drug-likeness (QED) is 0.506. The fraction of sp³-hybridized carbons (Fsp3) is 0.333. The van der Waals surface area contributed by atoms with Gasteiger partial charge in [-0.3, -0.25) is 9.59 Å². The summed E-state index contributed by atoms with van der Waals surface area (Å²) < 4.78 is 0. The van der Waals surface area contributed by atoms with Gasteiger partial charge in [-0.15, -0.1) is 0 Å². The molecule has 0 saturated heterocycles. The number of rotatable bonds is 2. The Morgan fingerprint density at radius 2 is 1.63 bits per heavy atom. The molecule has 0 amide bonds. The van der Waals surface area contributed by atoms with Crippen molar-refractivity contribution in [1.29, 1.82) is 0 Å². The number of aliphatic hydroxyl groups is 2. The topological polar surface area (TPSA) is 94.8 Å². The van der Waals surface area contributed by atoms with Crippen molar-refractivity contribution in [2.45, 2.75) is 52.6 Å². The number of hydrogen-bond acceptors (Lipinski definition) is 5. The third kappa shape index (κ3) is 2.91. The number of hydrogen-bond donors (Lipinski definition) is 3. The van der Waals surface area contributed by atoms with E-state index >= 15 is 0 Å². The Balaban J connectivity index is 1.77. The molecule has 2 aromatic carbocycles. The van der Waals surface area contributed by atoms with Crippen molar-refractivity contribution in [3.8, 4) is 16.9 Å². The second-order valence-corrected chi connectivity index (χ2v) is 11.0. The van der Waals surface area contributed by atoms with Gasteiger partial charge in [0.05, 0.1) is 5.56 Å². The summed E-state index contributed by atoms with van der Waals surface area (Å²) in [7, 11) is 0. The predicted octanol–water partition coefficient (Wildman–Crippen LogP) is 5.47. The van der Waals surface area contributed by atoms with E-state index < -0.39 is 28.0 Å². The molecule has 0 radical (unpaired) electrons. The van der Waals surface area contributed by atoms with E-state index in [0.717, 1.165) is 22.3 Å². The average Bonchev–Trinajstić information content (AvgIpc) is 2.76. The van der Waals surface area contributed by atoms with Gasteiger partial charge in [0.2, 0.25) is 11.6 Å². The van der Waals surface area contributed by atoms with Gasteiger partial charge in [0.25, 0.3) is 0 Å². The molecule has 2 aromatic rings. The Bertz CT molecular complexity index is 1400. The lowest BCUT2D eigenvalue weighted by Gasteiger charge is -2.56. The van der Waals surface area contributed by atoms with E-state index in [-0.39, 0.29) is 22.6 Å². The SMILES string of the molecule is C=C(C)C1=C(C)C[C@@]2(C)C[C@@]3(C)Cc4c(-c5ccccc5)ccc(O)c4C(O)=C3C(=O)[C@@]2(O)C1=O. The van der Waals surface area contributed by atoms with Crippen LogP contribution >= 0.6 is 0 Å². The van der Waals surface area contributed by atoms with Crippen molar-refractivity contribution in [2.24, 2.45) is 10.8 Å². The van der Waals surface area contributed by atoms with Gasteiger partial charge in [-0.2, -0.15) is 0 Å². The van der Waals surface area contributed by atoms with E-state index in [1.165, 1.54) is 6.07 Å². The van der Waals surface area contributed by atoms with Crippen LogP contribution in [-0.2, 0) is 16.0 Å². The number of carbonyl (C=O) groups excluding carboxylic acids is 2. The van der Waals surface area contributed by atoms with Gasteiger partial charge >= 0.3 is 0 Å². The highest BCUT2D eigenvalue weighted by Gasteiger charge is 2.68. The number of carbonyl (C=O) groups is 2. The van der Waals surface area contributed by atoms with Crippen LogP contribution in [0.3, 0.4) is 0 Å². The van der Waals surface area contributed by atoms with Gasteiger partial charge in [0.1, 0.15) is 11.5 Å². The molecule has 1 saturated carbocycles. The predicted molar refractivity (Wildman–Crippen MR) is 135 cm³/mol. The third-order valence-electron chi connectivity index (χ3n) is 8.29. The monoisotopic (exact) mass is 470 g/mol. The smallest absolute Gasteiger partial charge is 0.203 e. The number of aliphatic hydroxyl groups excluding tert-OH is 1. The van der Waals surface area contributed by atoms with Crippen molar-refractivity contribution < 1.29 is 24.9 Å². The molecule has 1 fully saturated rings. The average molecular weight is 471 g/mol. The Morgan fingerprint density at radius 3 is 2.26 bits per heavy atom. The largest absolute Gasteiger partial charge is 0.507 e. The summed E-state index contributed by atoms with van der Waals surface area (Å²) in [5.41, 5.74) is 0.157. The molecule has 5 heteroatoms. The van der Waals surface area contributed by atoms with Crippen LogP contribution in [0.4, 0.5) is 0 Å². The number of benzene rings is 2. The first kappa shape index (κ1) is 23.3. The number of phenolic OH excluding ortho intramolecular Hbond substituents is 1. The van der Waals surface area contributed by atoms with Gasteiger partial charge in [-0.05, 0) is 61.4 Å². The van der Waals surface area contributed by atoms with Crippen molar-refractivity contribution in [2.75, 3.05) is 0 Å². The van der Waals surface area contributed by atoms with Crippen molar-refractivity contribution in [3.63, 3.8) is 0 Å². The molecule has 5 nitrogen and oxygen atoms in total. The van der Waals surface area contributed by atoms with Crippen LogP contribution in [0.15, 0.2) is 71.3 Å². The fourth-order valence-electron chi connectivity index (χ4n) is 7.01. The summed E-state index contributed by atoms with van der Waals surface area (Å²) >= 11 is 0. The molecule has 3 N–H and O–H groups in total. The highest BCUT2D eigenvalue weighted by atomic mass is 16.3. The Hall–Kier alpha value is -3.44. The molecule has 0 heterocycles. The zero-order valence-corrected chi connectivity index (χ0v) is 20.5. The fourth-order valence-corrected chi connectivity index (χ4v) is 7.01. The molecule has 5 rings (SSSR count). The molecular formula is C30H30O5. The molecule has 3 atom stereocenters. The number of fused-ring (bicyclic) bond motifs is 3. The van der Waals surface area contributed by atoms with Crippen LogP contribution in [0, 0.1) is 10.8 Å². The maximum absolute atomic E-state index is 14.1. The van der Waals surface area contributed by atoms with Crippen molar-refractivity contribution in [1.82, 2.24) is 0 Å². The van der Waals surface area contributed by atoms with Crippen LogP contribution in [0.5, 0.6) is 5.75 Å². The van der Waals surface area contributed by atoms with Gasteiger partial charge < -0.3 is 15.3 Å². The van der Waals surface area contributed by atoms with E-state index in [1.807, 2.05) is 50.2 Å². The number of ketones is 2. The summed E-state index contributed by atoms with van der Waals surface area (Å²) in [6.45, 7) is 11.1. The van der Waals surface area contributed by atoms with Crippen LogP contribution < -0.4 is 0 Å². The number of allylic oxidation sites excluding steroid dienone is 2. The van der Waals surface area contributed by atoms with Crippen LogP contribution in [0.25, 0.3) is 16.9 Å². The molecule has 180 valence electrons. The second kappa shape index (κ2) is 7.28. The third-order valence-corrected chi connectivity index (χ3v) is 8.29. The van der Waals surface area contributed by atoms with E-state index in [2.05, 4.69) is 6.58 Å². The van der Waals surface area contributed by atoms with Gasteiger partial charge in [-0.25, -0.2) is 0 Å². The minimum atomic E-state index is -2.31. The molecule has 3 aliphatic carbocycles. The van der Waals surface area contributed by atoms with Crippen LogP contribution in [0.2, 0.25) is 0 Å². The minimum Gasteiger partial charge on any atom is -0.507 e. The highest BCUT2D eigenvalue weighted by Crippen LogP contribution is 2.62. The normalized spacial score (nSPS) is 30.1. The zero-order valence-electron chi connectivity index (χ0n) is 20.5. The van der Waals surface area contributed by atoms with Gasteiger partial charge in [-0.1, -0.05) is 62.4 Å². The molecule has 0 aromatic heterocycles. The van der Waals surface area contributed by atoms with Crippen LogP contribution in [0.1, 0.15) is 51.7 Å². The number of phenols is 1. The Labute approximate surface area is 205 Å². The molecule has 0 unspecified atom stereocenters. The lowest BCUT2D eigenvalue weighted by atomic mass is 9.46. The maximum Gasteiger partial charge on any atom is 0.203 e. The van der Waals surface area contributed by atoms with E-state index in [4.69, 9.17) is 0 Å².